The van der Waals surface area contributed by atoms with Crippen LogP contribution in [0.15, 0.2) is 23.1 Å². The van der Waals surface area contributed by atoms with Gasteiger partial charge in [-0.1, -0.05) is 6.07 Å². The second kappa shape index (κ2) is 4.90. The molecule has 16 heavy (non-hydrogen) atoms. The molecule has 1 rings (SSSR count). The fourth-order valence-electron chi connectivity index (χ4n) is 1.14. The van der Waals surface area contributed by atoms with E-state index in [1.165, 1.54) is 12.1 Å². The van der Waals surface area contributed by atoms with Crippen LogP contribution in [-0.2, 0) is 10.0 Å². The molecule has 0 aliphatic heterocycles. The SMILES string of the molecule is Cc1ccc(F)c(S(=O)(=O)NCC(C)N)c1. The number of hydrogen-bond acceptors (Lipinski definition) is 3. The van der Waals surface area contributed by atoms with Crippen molar-refractivity contribution in [3.05, 3.63) is 29.6 Å². The summed E-state index contributed by atoms with van der Waals surface area (Å²) in [5.41, 5.74) is 6.11. The molecule has 0 spiro atoms. The predicted octanol–water partition coefficient (Wildman–Crippen LogP) is 0.760. The van der Waals surface area contributed by atoms with Crippen molar-refractivity contribution in [3.8, 4) is 0 Å². The molecule has 0 bridgehead atoms. The summed E-state index contributed by atoms with van der Waals surface area (Å²) < 4.78 is 39.0. The normalized spacial score (nSPS) is 13.8. The maximum atomic E-state index is 13.3. The minimum absolute atomic E-state index is 0.0791. The fourth-order valence-corrected chi connectivity index (χ4v) is 2.44. The average molecular weight is 246 g/mol. The maximum Gasteiger partial charge on any atom is 0.243 e. The highest BCUT2D eigenvalue weighted by Crippen LogP contribution is 2.15. The molecule has 3 N–H and O–H groups in total. The monoisotopic (exact) mass is 246 g/mol. The van der Waals surface area contributed by atoms with E-state index < -0.39 is 15.8 Å². The van der Waals surface area contributed by atoms with E-state index in [9.17, 15) is 12.8 Å². The van der Waals surface area contributed by atoms with Crippen molar-refractivity contribution in [3.63, 3.8) is 0 Å². The van der Waals surface area contributed by atoms with Gasteiger partial charge in [0.25, 0.3) is 0 Å². The van der Waals surface area contributed by atoms with Crippen LogP contribution in [0.4, 0.5) is 4.39 Å². The number of nitrogens with two attached hydrogens (primary N) is 1. The summed E-state index contributed by atoms with van der Waals surface area (Å²) in [4.78, 5) is -0.340. The van der Waals surface area contributed by atoms with Gasteiger partial charge in [0.1, 0.15) is 10.7 Å². The van der Waals surface area contributed by atoms with Crippen LogP contribution in [0.25, 0.3) is 0 Å². The summed E-state index contributed by atoms with van der Waals surface area (Å²) in [6.07, 6.45) is 0. The molecule has 0 aliphatic carbocycles. The van der Waals surface area contributed by atoms with Crippen molar-refractivity contribution in [1.29, 1.82) is 0 Å². The van der Waals surface area contributed by atoms with Crippen LogP contribution in [0.1, 0.15) is 12.5 Å². The van der Waals surface area contributed by atoms with E-state index in [1.54, 1.807) is 13.8 Å². The van der Waals surface area contributed by atoms with Gasteiger partial charge in [-0.25, -0.2) is 17.5 Å². The third-order valence-electron chi connectivity index (χ3n) is 1.97. The molecule has 4 nitrogen and oxygen atoms in total. The molecule has 1 aromatic carbocycles. The second-order valence-corrected chi connectivity index (χ2v) is 5.50. The zero-order valence-corrected chi connectivity index (χ0v) is 10.0. The van der Waals surface area contributed by atoms with Gasteiger partial charge >= 0.3 is 0 Å². The number of sulfonamides is 1. The number of rotatable bonds is 4. The van der Waals surface area contributed by atoms with Gasteiger partial charge in [-0.05, 0) is 31.5 Å². The lowest BCUT2D eigenvalue weighted by molar-refractivity contribution is 0.552. The highest BCUT2D eigenvalue weighted by molar-refractivity contribution is 7.89. The van der Waals surface area contributed by atoms with Gasteiger partial charge in [-0.3, -0.25) is 0 Å². The Labute approximate surface area is 94.7 Å². The minimum Gasteiger partial charge on any atom is -0.327 e. The summed E-state index contributed by atoms with van der Waals surface area (Å²) in [5, 5.41) is 0. The standard InChI is InChI=1S/C10H15FN2O2S/c1-7-3-4-9(11)10(5-7)16(14,15)13-6-8(2)12/h3-5,8,13H,6,12H2,1-2H3. The van der Waals surface area contributed by atoms with Crippen molar-refractivity contribution < 1.29 is 12.8 Å². The summed E-state index contributed by atoms with van der Waals surface area (Å²) in [7, 11) is -3.81. The Kier molecular flexibility index (Phi) is 4.01. The number of hydrogen-bond donors (Lipinski definition) is 2. The van der Waals surface area contributed by atoms with Crippen LogP contribution in [0, 0.1) is 12.7 Å². The molecular weight excluding hydrogens is 231 g/mol. The molecule has 0 fully saturated rings. The molecule has 0 radical (unpaired) electrons. The highest BCUT2D eigenvalue weighted by atomic mass is 32.2. The molecule has 0 heterocycles. The Balaban J connectivity index is 3.02. The molecular formula is C10H15FN2O2S. The smallest absolute Gasteiger partial charge is 0.243 e. The van der Waals surface area contributed by atoms with E-state index in [0.29, 0.717) is 5.56 Å². The molecule has 1 atom stereocenters. The van der Waals surface area contributed by atoms with E-state index in [2.05, 4.69) is 4.72 Å². The van der Waals surface area contributed by atoms with Gasteiger partial charge in [-0.2, -0.15) is 0 Å². The number of halogens is 1. The van der Waals surface area contributed by atoms with E-state index in [4.69, 9.17) is 5.73 Å². The summed E-state index contributed by atoms with van der Waals surface area (Å²) in [6, 6.07) is 3.62. The summed E-state index contributed by atoms with van der Waals surface area (Å²) >= 11 is 0. The Hall–Kier alpha value is -0.980. The van der Waals surface area contributed by atoms with Crippen LogP contribution in [0.3, 0.4) is 0 Å². The first-order valence-corrected chi connectivity index (χ1v) is 6.32. The van der Waals surface area contributed by atoms with Gasteiger partial charge in [0.2, 0.25) is 10.0 Å². The van der Waals surface area contributed by atoms with Gasteiger partial charge in [0.05, 0.1) is 0 Å². The topological polar surface area (TPSA) is 72.2 Å². The summed E-state index contributed by atoms with van der Waals surface area (Å²) in [6.45, 7) is 3.44. The van der Waals surface area contributed by atoms with Gasteiger partial charge < -0.3 is 5.73 Å². The largest absolute Gasteiger partial charge is 0.327 e. The van der Waals surface area contributed by atoms with Crippen LogP contribution in [0.2, 0.25) is 0 Å². The minimum atomic E-state index is -3.81. The van der Waals surface area contributed by atoms with Crippen LogP contribution >= 0.6 is 0 Å². The Morgan fingerprint density at radius 2 is 2.12 bits per heavy atom. The fraction of sp³-hybridized carbons (Fsp3) is 0.400. The zero-order chi connectivity index (χ0) is 12.3. The van der Waals surface area contributed by atoms with Gasteiger partial charge in [0.15, 0.2) is 0 Å². The first-order valence-electron chi connectivity index (χ1n) is 4.84. The van der Waals surface area contributed by atoms with Crippen molar-refractivity contribution in [2.45, 2.75) is 24.8 Å². The second-order valence-electron chi connectivity index (χ2n) is 3.76. The molecule has 90 valence electrons. The molecule has 1 aromatic rings. The molecule has 0 amide bonds. The van der Waals surface area contributed by atoms with E-state index in [0.717, 1.165) is 6.07 Å². The van der Waals surface area contributed by atoms with Crippen LogP contribution in [-0.4, -0.2) is 21.0 Å². The van der Waals surface area contributed by atoms with E-state index >= 15 is 0 Å². The summed E-state index contributed by atoms with van der Waals surface area (Å²) in [5.74, 6) is -0.761. The highest BCUT2D eigenvalue weighted by Gasteiger charge is 2.18. The molecule has 6 heteroatoms. The van der Waals surface area contributed by atoms with Gasteiger partial charge in [-0.15, -0.1) is 0 Å². The van der Waals surface area contributed by atoms with Crippen LogP contribution in [0.5, 0.6) is 0 Å². The molecule has 0 saturated heterocycles. The Morgan fingerprint density at radius 1 is 1.50 bits per heavy atom. The lowest BCUT2D eigenvalue weighted by atomic mass is 10.2. The van der Waals surface area contributed by atoms with Crippen molar-refractivity contribution in [1.82, 2.24) is 4.72 Å². The third-order valence-corrected chi connectivity index (χ3v) is 3.41. The van der Waals surface area contributed by atoms with E-state index in [1.807, 2.05) is 0 Å². The number of benzene rings is 1. The first kappa shape index (κ1) is 13.1. The van der Waals surface area contributed by atoms with Crippen LogP contribution < -0.4 is 10.5 Å². The third kappa shape index (κ3) is 3.26. The quantitative estimate of drug-likeness (QED) is 0.823. The average Bonchev–Trinajstić information content (AvgIpc) is 2.19. The lowest BCUT2D eigenvalue weighted by Gasteiger charge is -2.10. The molecule has 0 saturated carbocycles. The van der Waals surface area contributed by atoms with Crippen molar-refractivity contribution in [2.24, 2.45) is 5.73 Å². The molecule has 1 unspecified atom stereocenters. The number of nitrogens with one attached hydrogen (secondary N) is 1. The first-order chi connectivity index (χ1) is 7.33. The lowest BCUT2D eigenvalue weighted by Crippen LogP contribution is -2.35. The number of aryl methyl sites for hydroxylation is 1. The van der Waals surface area contributed by atoms with Crippen molar-refractivity contribution >= 4 is 10.0 Å². The Bertz CT molecular complexity index is 472. The van der Waals surface area contributed by atoms with E-state index in [-0.39, 0.29) is 17.5 Å². The predicted molar refractivity (Wildman–Crippen MR) is 60.0 cm³/mol. The molecule has 0 aromatic heterocycles. The van der Waals surface area contributed by atoms with Gasteiger partial charge in [0, 0.05) is 12.6 Å². The Morgan fingerprint density at radius 3 is 2.69 bits per heavy atom. The zero-order valence-electron chi connectivity index (χ0n) is 9.20. The molecule has 0 aliphatic rings. The van der Waals surface area contributed by atoms with Crippen molar-refractivity contribution in [2.75, 3.05) is 6.54 Å². The maximum absolute atomic E-state index is 13.3.